The van der Waals surface area contributed by atoms with Crippen LogP contribution in [0.15, 0.2) is 72.0 Å². The Hall–Kier alpha value is -3.19. The van der Waals surface area contributed by atoms with Crippen LogP contribution in [0.2, 0.25) is 0 Å². The first-order valence-electron chi connectivity index (χ1n) is 10.3. The first-order valence-corrected chi connectivity index (χ1v) is 10.3. The molecule has 2 heterocycles. The van der Waals surface area contributed by atoms with E-state index in [1.54, 1.807) is 6.33 Å². The second kappa shape index (κ2) is 10.0. The average molecular weight is 405 g/mol. The van der Waals surface area contributed by atoms with E-state index in [2.05, 4.69) is 37.5 Å². The summed E-state index contributed by atoms with van der Waals surface area (Å²) in [6, 6.07) is 20.4. The van der Waals surface area contributed by atoms with Crippen LogP contribution < -0.4 is 5.32 Å². The van der Waals surface area contributed by atoms with Gasteiger partial charge in [-0.15, -0.1) is 10.2 Å². The van der Waals surface area contributed by atoms with Crippen molar-refractivity contribution in [2.24, 2.45) is 10.9 Å². The third kappa shape index (κ3) is 5.04. The molecule has 2 aromatic carbocycles. The minimum atomic E-state index is 0.514. The van der Waals surface area contributed by atoms with Crippen LogP contribution in [0.1, 0.15) is 17.8 Å². The Bertz CT molecular complexity index is 941. The zero-order chi connectivity index (χ0) is 20.6. The zero-order valence-electron chi connectivity index (χ0n) is 17.3. The van der Waals surface area contributed by atoms with E-state index in [1.165, 1.54) is 5.56 Å². The van der Waals surface area contributed by atoms with E-state index in [0.29, 0.717) is 19.1 Å². The van der Waals surface area contributed by atoms with Crippen molar-refractivity contribution in [3.63, 3.8) is 0 Å². The SMILES string of the molecule is CN=C(NCc1nncn1-c1ccccc1)N1CCC(COCc2ccccc2)C1. The molecule has 0 saturated carbocycles. The van der Waals surface area contributed by atoms with E-state index in [4.69, 9.17) is 4.74 Å². The van der Waals surface area contributed by atoms with Crippen molar-refractivity contribution in [1.29, 1.82) is 0 Å². The molecule has 1 fully saturated rings. The molecule has 1 N–H and O–H groups in total. The fourth-order valence-corrected chi connectivity index (χ4v) is 3.75. The fourth-order valence-electron chi connectivity index (χ4n) is 3.75. The maximum atomic E-state index is 5.94. The molecular weight excluding hydrogens is 376 g/mol. The molecule has 30 heavy (non-hydrogen) atoms. The number of nitrogens with one attached hydrogen (secondary N) is 1. The lowest BCUT2D eigenvalue weighted by Gasteiger charge is -2.21. The average Bonchev–Trinajstić information content (AvgIpc) is 3.46. The molecule has 1 aliphatic heterocycles. The molecule has 7 heteroatoms. The maximum Gasteiger partial charge on any atom is 0.194 e. The lowest BCUT2D eigenvalue weighted by atomic mass is 10.1. The smallest absolute Gasteiger partial charge is 0.194 e. The van der Waals surface area contributed by atoms with E-state index >= 15 is 0 Å². The summed E-state index contributed by atoms with van der Waals surface area (Å²) in [4.78, 5) is 6.76. The second-order valence-corrected chi connectivity index (χ2v) is 7.45. The van der Waals surface area contributed by atoms with Gasteiger partial charge in [-0.2, -0.15) is 0 Å². The molecule has 156 valence electrons. The highest BCUT2D eigenvalue weighted by Gasteiger charge is 2.25. The number of hydrogen-bond donors (Lipinski definition) is 1. The molecule has 0 aliphatic carbocycles. The molecule has 4 rings (SSSR count). The Balaban J connectivity index is 1.27. The van der Waals surface area contributed by atoms with E-state index in [1.807, 2.05) is 60.1 Å². The lowest BCUT2D eigenvalue weighted by Crippen LogP contribution is -2.40. The van der Waals surface area contributed by atoms with Crippen molar-refractivity contribution in [2.45, 2.75) is 19.6 Å². The summed E-state index contributed by atoms with van der Waals surface area (Å²) in [6.07, 6.45) is 2.85. The van der Waals surface area contributed by atoms with Gasteiger partial charge in [0, 0.05) is 31.7 Å². The van der Waals surface area contributed by atoms with Crippen molar-refractivity contribution in [2.75, 3.05) is 26.7 Å². The van der Waals surface area contributed by atoms with Crippen molar-refractivity contribution < 1.29 is 4.74 Å². The summed E-state index contributed by atoms with van der Waals surface area (Å²) < 4.78 is 7.93. The van der Waals surface area contributed by atoms with Crippen LogP contribution >= 0.6 is 0 Å². The van der Waals surface area contributed by atoms with E-state index in [-0.39, 0.29) is 0 Å². The van der Waals surface area contributed by atoms with Crippen LogP contribution in [0.4, 0.5) is 0 Å². The Kier molecular flexibility index (Phi) is 6.72. The van der Waals surface area contributed by atoms with Gasteiger partial charge in [-0.25, -0.2) is 0 Å². The van der Waals surface area contributed by atoms with Gasteiger partial charge >= 0.3 is 0 Å². The summed E-state index contributed by atoms with van der Waals surface area (Å²) in [5.74, 6) is 2.26. The number of nitrogens with zero attached hydrogens (tertiary/aromatic N) is 5. The molecule has 0 spiro atoms. The van der Waals surface area contributed by atoms with Crippen LogP contribution in [0.3, 0.4) is 0 Å². The molecule has 1 aliphatic rings. The van der Waals surface area contributed by atoms with E-state index in [0.717, 1.165) is 43.6 Å². The van der Waals surface area contributed by atoms with Gasteiger partial charge in [0.1, 0.15) is 6.33 Å². The van der Waals surface area contributed by atoms with Gasteiger partial charge in [0.05, 0.1) is 19.8 Å². The molecule has 1 aromatic heterocycles. The van der Waals surface area contributed by atoms with Crippen LogP contribution in [0, 0.1) is 5.92 Å². The number of aliphatic imine (C=N–C) groups is 1. The van der Waals surface area contributed by atoms with Crippen LogP contribution in [-0.2, 0) is 17.9 Å². The number of para-hydroxylation sites is 1. The molecule has 0 bridgehead atoms. The third-order valence-corrected chi connectivity index (χ3v) is 5.32. The number of likely N-dealkylation sites (tertiary alicyclic amines) is 1. The van der Waals surface area contributed by atoms with Crippen LogP contribution in [-0.4, -0.2) is 52.4 Å². The summed E-state index contributed by atoms with van der Waals surface area (Å²) in [6.45, 7) is 3.92. The quantitative estimate of drug-likeness (QED) is 0.484. The second-order valence-electron chi connectivity index (χ2n) is 7.45. The minimum Gasteiger partial charge on any atom is -0.376 e. The van der Waals surface area contributed by atoms with Crippen LogP contribution in [0.25, 0.3) is 5.69 Å². The van der Waals surface area contributed by atoms with Crippen molar-refractivity contribution in [1.82, 2.24) is 25.0 Å². The largest absolute Gasteiger partial charge is 0.376 e. The van der Waals surface area contributed by atoms with Gasteiger partial charge in [-0.1, -0.05) is 48.5 Å². The number of guanidine groups is 1. The van der Waals surface area contributed by atoms with Crippen molar-refractivity contribution in [3.8, 4) is 5.69 Å². The Morgan fingerprint density at radius 2 is 1.90 bits per heavy atom. The molecule has 3 aromatic rings. The number of hydrogen-bond acceptors (Lipinski definition) is 4. The van der Waals surface area contributed by atoms with Crippen molar-refractivity contribution in [3.05, 3.63) is 78.4 Å². The lowest BCUT2D eigenvalue weighted by molar-refractivity contribution is 0.0906. The number of ether oxygens (including phenoxy) is 1. The van der Waals surface area contributed by atoms with Gasteiger partial charge in [0.15, 0.2) is 11.8 Å². The van der Waals surface area contributed by atoms with Crippen LogP contribution in [0.5, 0.6) is 0 Å². The van der Waals surface area contributed by atoms with Crippen molar-refractivity contribution >= 4 is 5.96 Å². The van der Waals surface area contributed by atoms with E-state index < -0.39 is 0 Å². The minimum absolute atomic E-state index is 0.514. The molecule has 1 atom stereocenters. The summed E-state index contributed by atoms with van der Waals surface area (Å²) in [7, 11) is 1.82. The van der Waals surface area contributed by atoms with Gasteiger partial charge in [0.25, 0.3) is 0 Å². The van der Waals surface area contributed by atoms with Gasteiger partial charge in [-0.3, -0.25) is 9.56 Å². The van der Waals surface area contributed by atoms with Gasteiger partial charge < -0.3 is 15.0 Å². The van der Waals surface area contributed by atoms with E-state index in [9.17, 15) is 0 Å². The Morgan fingerprint density at radius 3 is 2.67 bits per heavy atom. The number of aromatic nitrogens is 3. The molecule has 0 radical (unpaired) electrons. The van der Waals surface area contributed by atoms with Gasteiger partial charge in [-0.05, 0) is 24.1 Å². The first-order chi connectivity index (χ1) is 14.8. The third-order valence-electron chi connectivity index (χ3n) is 5.32. The predicted molar refractivity (Wildman–Crippen MR) is 117 cm³/mol. The number of rotatable bonds is 7. The standard InChI is InChI=1S/C23H28N6O/c1-24-23(25-14-22-27-26-18-29(22)21-10-6-3-7-11-21)28-13-12-20(15-28)17-30-16-19-8-4-2-5-9-19/h2-11,18,20H,12-17H2,1H3,(H,24,25). The highest BCUT2D eigenvalue weighted by atomic mass is 16.5. The maximum absolute atomic E-state index is 5.94. The predicted octanol–water partition coefficient (Wildman–Crippen LogP) is 2.88. The zero-order valence-corrected chi connectivity index (χ0v) is 17.3. The summed E-state index contributed by atoms with van der Waals surface area (Å²) >= 11 is 0. The topological polar surface area (TPSA) is 67.6 Å². The normalized spacial score (nSPS) is 16.8. The molecule has 0 amide bonds. The highest BCUT2D eigenvalue weighted by molar-refractivity contribution is 5.80. The molecule has 1 unspecified atom stereocenters. The number of benzene rings is 2. The molecule has 7 nitrogen and oxygen atoms in total. The summed E-state index contributed by atoms with van der Waals surface area (Å²) in [5, 5.41) is 11.8. The van der Waals surface area contributed by atoms with Gasteiger partial charge in [0.2, 0.25) is 0 Å². The Labute approximate surface area is 177 Å². The fraction of sp³-hybridized carbons (Fsp3) is 0.348. The Morgan fingerprint density at radius 1 is 1.13 bits per heavy atom. The molecule has 1 saturated heterocycles. The highest BCUT2D eigenvalue weighted by Crippen LogP contribution is 2.17. The first kappa shape index (κ1) is 20.1. The molecular formula is C23H28N6O. The monoisotopic (exact) mass is 404 g/mol. The summed E-state index contributed by atoms with van der Waals surface area (Å²) in [5.41, 5.74) is 2.26.